The first-order valence-corrected chi connectivity index (χ1v) is 8.48. The van der Waals surface area contributed by atoms with Crippen molar-refractivity contribution in [3.05, 3.63) is 23.8 Å². The second-order valence-corrected chi connectivity index (χ2v) is 5.46. The molecule has 1 rings (SSSR count). The minimum Gasteiger partial charge on any atom is -0.493 e. The van der Waals surface area contributed by atoms with E-state index in [1.165, 1.54) is 0 Å². The second-order valence-electron chi connectivity index (χ2n) is 4.81. The summed E-state index contributed by atoms with van der Waals surface area (Å²) in [7, 11) is 0. The molecule has 4 heteroatoms. The minimum absolute atomic E-state index is 0.500. The fourth-order valence-electron chi connectivity index (χ4n) is 1.71. The van der Waals surface area contributed by atoms with Crippen LogP contribution < -0.4 is 9.47 Å². The molecule has 1 unspecified atom stereocenters. The average molecular weight is 345 g/mol. The van der Waals surface area contributed by atoms with E-state index in [4.69, 9.17) is 9.47 Å². The van der Waals surface area contributed by atoms with Gasteiger partial charge in [0.2, 0.25) is 0 Å². The zero-order chi connectivity index (χ0) is 14.8. The third-order valence-electron chi connectivity index (χ3n) is 2.97. The van der Waals surface area contributed by atoms with Crippen molar-refractivity contribution in [1.29, 1.82) is 0 Å². The molecule has 0 saturated heterocycles. The first-order chi connectivity index (χ1) is 9.71. The molecule has 20 heavy (non-hydrogen) atoms. The number of aliphatic hydroxyl groups is 1. The van der Waals surface area contributed by atoms with Crippen LogP contribution in [0.1, 0.15) is 51.2 Å². The first-order valence-electron chi connectivity index (χ1n) is 7.35. The number of alkyl halides is 1. The van der Waals surface area contributed by atoms with Crippen molar-refractivity contribution in [2.45, 2.75) is 45.6 Å². The van der Waals surface area contributed by atoms with Crippen molar-refractivity contribution in [2.75, 3.05) is 18.5 Å². The van der Waals surface area contributed by atoms with Gasteiger partial charge < -0.3 is 14.6 Å². The van der Waals surface area contributed by atoms with Gasteiger partial charge in [-0.05, 0) is 30.5 Å². The van der Waals surface area contributed by atoms with E-state index in [9.17, 15) is 5.11 Å². The molecule has 0 amide bonds. The molecule has 0 heterocycles. The maximum absolute atomic E-state index is 9.96. The third-order valence-corrected chi connectivity index (χ3v) is 3.58. The normalized spacial score (nSPS) is 12.2. The van der Waals surface area contributed by atoms with Gasteiger partial charge in [0.1, 0.15) is 11.5 Å². The van der Waals surface area contributed by atoms with Crippen LogP contribution >= 0.6 is 15.9 Å². The van der Waals surface area contributed by atoms with Crippen molar-refractivity contribution in [3.63, 3.8) is 0 Å². The van der Waals surface area contributed by atoms with E-state index in [0.29, 0.717) is 18.5 Å². The van der Waals surface area contributed by atoms with Gasteiger partial charge in [-0.1, -0.05) is 42.6 Å². The van der Waals surface area contributed by atoms with Gasteiger partial charge in [-0.2, -0.15) is 0 Å². The van der Waals surface area contributed by atoms with Gasteiger partial charge in [-0.3, -0.25) is 0 Å². The molecular formula is C16H25BrO3. The van der Waals surface area contributed by atoms with Gasteiger partial charge in [0.25, 0.3) is 0 Å². The Morgan fingerprint density at radius 2 is 1.50 bits per heavy atom. The molecule has 0 aromatic heterocycles. The zero-order valence-corrected chi connectivity index (χ0v) is 14.0. The van der Waals surface area contributed by atoms with Gasteiger partial charge in [0.05, 0.1) is 19.3 Å². The van der Waals surface area contributed by atoms with Crippen LogP contribution in [-0.4, -0.2) is 23.7 Å². The number of aliphatic hydroxyl groups excluding tert-OH is 1. The Kier molecular flexibility index (Phi) is 8.70. The summed E-state index contributed by atoms with van der Waals surface area (Å²) in [6.45, 7) is 5.65. The highest BCUT2D eigenvalue weighted by Gasteiger charge is 2.10. The lowest BCUT2D eigenvalue weighted by atomic mass is 10.1. The number of unbranched alkanes of at least 4 members (excludes halogenated alkanes) is 2. The summed E-state index contributed by atoms with van der Waals surface area (Å²) in [5.41, 5.74) is 0.822. The number of hydrogen-bond acceptors (Lipinski definition) is 3. The van der Waals surface area contributed by atoms with E-state index in [2.05, 4.69) is 29.8 Å². The van der Waals surface area contributed by atoms with Gasteiger partial charge in [0, 0.05) is 11.4 Å². The van der Waals surface area contributed by atoms with Crippen molar-refractivity contribution in [3.8, 4) is 11.5 Å². The molecule has 1 aromatic rings. The van der Waals surface area contributed by atoms with Crippen molar-refractivity contribution >= 4 is 15.9 Å². The average Bonchev–Trinajstić information content (AvgIpc) is 2.47. The summed E-state index contributed by atoms with van der Waals surface area (Å²) >= 11 is 3.30. The lowest BCUT2D eigenvalue weighted by molar-refractivity contribution is 0.203. The fourth-order valence-corrected chi connectivity index (χ4v) is 2.08. The first kappa shape index (κ1) is 17.3. The number of hydrogen-bond donors (Lipinski definition) is 1. The molecular weight excluding hydrogens is 320 g/mol. The molecule has 1 aromatic carbocycles. The van der Waals surface area contributed by atoms with E-state index in [1.807, 2.05) is 18.2 Å². The molecule has 1 atom stereocenters. The molecule has 0 fully saturated rings. The molecule has 0 aliphatic heterocycles. The summed E-state index contributed by atoms with van der Waals surface area (Å²) in [5, 5.41) is 10.5. The van der Waals surface area contributed by atoms with Crippen LogP contribution in [0.2, 0.25) is 0 Å². The molecule has 0 bridgehead atoms. The molecule has 0 saturated carbocycles. The van der Waals surface area contributed by atoms with E-state index in [-0.39, 0.29) is 0 Å². The molecule has 0 radical (unpaired) electrons. The monoisotopic (exact) mass is 344 g/mol. The Morgan fingerprint density at radius 3 is 1.90 bits per heavy atom. The molecule has 114 valence electrons. The predicted octanol–water partition coefficient (Wildman–Crippen LogP) is 4.47. The van der Waals surface area contributed by atoms with Crippen LogP contribution in [0.15, 0.2) is 18.2 Å². The highest BCUT2D eigenvalue weighted by Crippen LogP contribution is 2.28. The van der Waals surface area contributed by atoms with Gasteiger partial charge >= 0.3 is 0 Å². The Labute approximate surface area is 130 Å². The molecule has 3 nitrogen and oxygen atoms in total. The van der Waals surface area contributed by atoms with E-state index in [0.717, 1.165) is 42.7 Å². The highest BCUT2D eigenvalue weighted by molar-refractivity contribution is 9.09. The van der Waals surface area contributed by atoms with Gasteiger partial charge in [0.15, 0.2) is 0 Å². The Balaban J connectivity index is 2.77. The Morgan fingerprint density at radius 1 is 1.00 bits per heavy atom. The predicted molar refractivity (Wildman–Crippen MR) is 86.0 cm³/mol. The quantitative estimate of drug-likeness (QED) is 0.502. The summed E-state index contributed by atoms with van der Waals surface area (Å²) in [6.07, 6.45) is 3.71. The molecule has 0 spiro atoms. The standard InChI is InChI=1S/C16H25BrO3/c1-3-5-7-19-14-9-13(16(18)12-17)10-15(11-14)20-8-6-4-2/h9-11,16,18H,3-8,12H2,1-2H3. The summed E-state index contributed by atoms with van der Waals surface area (Å²) < 4.78 is 11.4. The van der Waals surface area contributed by atoms with Crippen LogP contribution in [0.25, 0.3) is 0 Å². The lowest BCUT2D eigenvalue weighted by Crippen LogP contribution is -2.03. The van der Waals surface area contributed by atoms with Crippen LogP contribution in [0.3, 0.4) is 0 Å². The van der Waals surface area contributed by atoms with Crippen LogP contribution in [-0.2, 0) is 0 Å². The van der Waals surface area contributed by atoms with Crippen LogP contribution in [0.5, 0.6) is 11.5 Å². The van der Waals surface area contributed by atoms with E-state index in [1.54, 1.807) is 0 Å². The van der Waals surface area contributed by atoms with Gasteiger partial charge in [-0.25, -0.2) is 0 Å². The topological polar surface area (TPSA) is 38.7 Å². The maximum Gasteiger partial charge on any atom is 0.123 e. The fraction of sp³-hybridized carbons (Fsp3) is 0.625. The van der Waals surface area contributed by atoms with E-state index < -0.39 is 6.10 Å². The number of rotatable bonds is 10. The summed E-state index contributed by atoms with van der Waals surface area (Å²) in [6, 6.07) is 5.66. The maximum atomic E-state index is 9.96. The highest BCUT2D eigenvalue weighted by atomic mass is 79.9. The summed E-state index contributed by atoms with van der Waals surface area (Å²) in [4.78, 5) is 0. The molecule has 1 N–H and O–H groups in total. The number of ether oxygens (including phenoxy) is 2. The SMILES string of the molecule is CCCCOc1cc(OCCCC)cc(C(O)CBr)c1. The van der Waals surface area contributed by atoms with Crippen molar-refractivity contribution in [2.24, 2.45) is 0 Å². The molecule has 0 aliphatic carbocycles. The third kappa shape index (κ3) is 6.14. The number of benzene rings is 1. The smallest absolute Gasteiger partial charge is 0.123 e. The largest absolute Gasteiger partial charge is 0.493 e. The zero-order valence-electron chi connectivity index (χ0n) is 12.4. The summed E-state index contributed by atoms with van der Waals surface area (Å²) in [5.74, 6) is 1.53. The lowest BCUT2D eigenvalue weighted by Gasteiger charge is -2.14. The number of halogens is 1. The second kappa shape index (κ2) is 10.1. The molecule has 0 aliphatic rings. The van der Waals surface area contributed by atoms with Crippen molar-refractivity contribution in [1.82, 2.24) is 0 Å². The van der Waals surface area contributed by atoms with E-state index >= 15 is 0 Å². The minimum atomic E-state index is -0.543. The Hall–Kier alpha value is -0.740. The van der Waals surface area contributed by atoms with Crippen molar-refractivity contribution < 1.29 is 14.6 Å². The van der Waals surface area contributed by atoms with Gasteiger partial charge in [-0.15, -0.1) is 0 Å². The Bertz CT molecular complexity index is 354. The van der Waals surface area contributed by atoms with Crippen LogP contribution in [0.4, 0.5) is 0 Å². The van der Waals surface area contributed by atoms with Crippen LogP contribution in [0, 0.1) is 0 Å².